The molecule has 0 aliphatic heterocycles. The third kappa shape index (κ3) is 4.07. The summed E-state index contributed by atoms with van der Waals surface area (Å²) in [6.45, 7) is 0.217. The van der Waals surface area contributed by atoms with Gasteiger partial charge in [0.15, 0.2) is 0 Å². The predicted molar refractivity (Wildman–Crippen MR) is 105 cm³/mol. The van der Waals surface area contributed by atoms with E-state index >= 15 is 0 Å². The van der Waals surface area contributed by atoms with E-state index in [4.69, 9.17) is 0 Å². The lowest BCUT2D eigenvalue weighted by atomic mass is 9.92. The van der Waals surface area contributed by atoms with Gasteiger partial charge in [0.25, 0.3) is 0 Å². The second-order valence-corrected chi connectivity index (χ2v) is 8.52. The van der Waals surface area contributed by atoms with Crippen molar-refractivity contribution in [3.8, 4) is 11.3 Å². The van der Waals surface area contributed by atoms with Gasteiger partial charge in [-0.2, -0.15) is 0 Å². The van der Waals surface area contributed by atoms with Crippen LogP contribution in [0.15, 0.2) is 66.0 Å². The van der Waals surface area contributed by atoms with Gasteiger partial charge in [0.05, 0.1) is 10.6 Å². The van der Waals surface area contributed by atoms with Gasteiger partial charge in [-0.05, 0) is 78.8 Å². The molecule has 3 aromatic rings. The van der Waals surface area contributed by atoms with Crippen molar-refractivity contribution in [2.75, 3.05) is 0 Å². The van der Waals surface area contributed by atoms with Crippen molar-refractivity contribution in [2.45, 2.75) is 37.1 Å². The number of aromatic nitrogens is 2. The molecule has 4 rings (SSSR count). The summed E-state index contributed by atoms with van der Waals surface area (Å²) in [6.07, 6.45) is 9.43. The van der Waals surface area contributed by atoms with Gasteiger partial charge >= 0.3 is 0 Å². The molecule has 0 spiro atoms. The highest BCUT2D eigenvalue weighted by molar-refractivity contribution is 7.89. The maximum Gasteiger partial charge on any atom is 0.240 e. The van der Waals surface area contributed by atoms with E-state index in [1.165, 1.54) is 12.0 Å². The lowest BCUT2D eigenvalue weighted by Crippen LogP contribution is -2.23. The number of nitrogens with zero attached hydrogens (tertiary/aromatic N) is 2. The normalized spacial score (nSPS) is 13.9. The second kappa shape index (κ2) is 7.58. The van der Waals surface area contributed by atoms with Crippen molar-refractivity contribution in [2.24, 2.45) is 0 Å². The Morgan fingerprint density at radius 3 is 2.63 bits per heavy atom. The van der Waals surface area contributed by atoms with E-state index in [1.807, 2.05) is 36.4 Å². The van der Waals surface area contributed by atoms with Gasteiger partial charge in [-0.15, -0.1) is 0 Å². The Hall–Kier alpha value is -2.57. The van der Waals surface area contributed by atoms with Crippen LogP contribution in [0.25, 0.3) is 11.3 Å². The largest absolute Gasteiger partial charge is 0.264 e. The van der Waals surface area contributed by atoms with Crippen molar-refractivity contribution < 1.29 is 8.42 Å². The third-order valence-electron chi connectivity index (χ3n) is 4.88. The van der Waals surface area contributed by atoms with E-state index in [9.17, 15) is 8.42 Å². The highest BCUT2D eigenvalue weighted by Gasteiger charge is 2.17. The van der Waals surface area contributed by atoms with Crippen molar-refractivity contribution in [1.82, 2.24) is 14.7 Å². The number of hydrogen-bond donors (Lipinski definition) is 1. The van der Waals surface area contributed by atoms with E-state index < -0.39 is 10.0 Å². The number of benzene rings is 1. The van der Waals surface area contributed by atoms with E-state index in [0.29, 0.717) is 4.90 Å². The Kier molecular flexibility index (Phi) is 5.01. The maximum atomic E-state index is 12.7. The molecule has 1 aliphatic rings. The summed E-state index contributed by atoms with van der Waals surface area (Å²) in [4.78, 5) is 8.78. The molecular weight excluding hydrogens is 358 g/mol. The zero-order chi connectivity index (χ0) is 18.7. The lowest BCUT2D eigenvalue weighted by Gasteiger charge is -2.16. The molecule has 0 unspecified atom stereocenters. The Morgan fingerprint density at radius 1 is 0.963 bits per heavy atom. The number of aryl methyl sites for hydroxylation is 2. The topological polar surface area (TPSA) is 72.0 Å². The molecule has 0 bridgehead atoms. The summed E-state index contributed by atoms with van der Waals surface area (Å²) in [6, 6.07) is 13.0. The molecule has 0 saturated carbocycles. The second-order valence-electron chi connectivity index (χ2n) is 6.75. The van der Waals surface area contributed by atoms with E-state index in [-0.39, 0.29) is 6.54 Å². The van der Waals surface area contributed by atoms with Crippen molar-refractivity contribution >= 4 is 10.0 Å². The fraction of sp³-hybridized carbons (Fsp3) is 0.238. The summed E-state index contributed by atoms with van der Waals surface area (Å²) in [7, 11) is -3.55. The van der Waals surface area contributed by atoms with Crippen LogP contribution < -0.4 is 4.72 Å². The first-order chi connectivity index (χ1) is 13.1. The zero-order valence-electron chi connectivity index (χ0n) is 14.9. The standard InChI is InChI=1S/C21H21N3O2S/c25-27(26,20-8-7-17-4-1-2-5-18(17)13-20)24-14-16-9-11-23-21(12-16)19-6-3-10-22-15-19/h3,6-13,15,24H,1-2,4-5,14H2. The molecule has 138 valence electrons. The lowest BCUT2D eigenvalue weighted by molar-refractivity contribution is 0.580. The Labute approximate surface area is 159 Å². The first-order valence-electron chi connectivity index (χ1n) is 9.09. The molecule has 0 amide bonds. The van der Waals surface area contributed by atoms with Gasteiger partial charge in [0, 0.05) is 30.7 Å². The Balaban J connectivity index is 1.51. The fourth-order valence-corrected chi connectivity index (χ4v) is 4.46. The number of hydrogen-bond acceptors (Lipinski definition) is 4. The van der Waals surface area contributed by atoms with Crippen LogP contribution in [0.5, 0.6) is 0 Å². The highest BCUT2D eigenvalue weighted by atomic mass is 32.2. The first-order valence-corrected chi connectivity index (χ1v) is 10.6. The van der Waals surface area contributed by atoms with Crippen molar-refractivity contribution in [3.63, 3.8) is 0 Å². The molecule has 0 fully saturated rings. The summed E-state index contributed by atoms with van der Waals surface area (Å²) >= 11 is 0. The Bertz CT molecular complexity index is 1050. The number of sulfonamides is 1. The fourth-order valence-electron chi connectivity index (χ4n) is 3.40. The Morgan fingerprint density at radius 2 is 1.81 bits per heavy atom. The molecule has 2 aromatic heterocycles. The quantitative estimate of drug-likeness (QED) is 0.736. The molecule has 1 N–H and O–H groups in total. The number of fused-ring (bicyclic) bond motifs is 1. The van der Waals surface area contributed by atoms with Crippen LogP contribution in [0.2, 0.25) is 0 Å². The van der Waals surface area contributed by atoms with Crippen LogP contribution in [0.3, 0.4) is 0 Å². The smallest absolute Gasteiger partial charge is 0.240 e. The van der Waals surface area contributed by atoms with Gasteiger partial charge in [0.2, 0.25) is 10.0 Å². The van der Waals surface area contributed by atoms with Crippen molar-refractivity contribution in [3.05, 3.63) is 77.7 Å². The van der Waals surface area contributed by atoms with Gasteiger partial charge < -0.3 is 0 Å². The van der Waals surface area contributed by atoms with Crippen LogP contribution in [-0.2, 0) is 29.4 Å². The van der Waals surface area contributed by atoms with Gasteiger partial charge in [-0.25, -0.2) is 13.1 Å². The highest BCUT2D eigenvalue weighted by Crippen LogP contribution is 2.24. The third-order valence-corrected chi connectivity index (χ3v) is 6.28. The monoisotopic (exact) mass is 379 g/mol. The van der Waals surface area contributed by atoms with Crippen LogP contribution in [0.1, 0.15) is 29.5 Å². The van der Waals surface area contributed by atoms with Crippen LogP contribution in [0, 0.1) is 0 Å². The molecule has 27 heavy (non-hydrogen) atoms. The molecular formula is C21H21N3O2S. The SMILES string of the molecule is O=S(=O)(NCc1ccnc(-c2cccnc2)c1)c1ccc2c(c1)CCCC2. The number of nitrogens with one attached hydrogen (secondary N) is 1. The van der Waals surface area contributed by atoms with Gasteiger partial charge in [-0.3, -0.25) is 9.97 Å². The summed E-state index contributed by atoms with van der Waals surface area (Å²) in [5, 5.41) is 0. The number of pyridine rings is 2. The maximum absolute atomic E-state index is 12.7. The molecule has 0 atom stereocenters. The molecule has 1 aromatic carbocycles. The molecule has 1 aliphatic carbocycles. The minimum absolute atomic E-state index is 0.217. The van der Waals surface area contributed by atoms with Crippen molar-refractivity contribution in [1.29, 1.82) is 0 Å². The van der Waals surface area contributed by atoms with E-state index in [1.54, 1.807) is 24.7 Å². The van der Waals surface area contributed by atoms with Crippen LogP contribution in [-0.4, -0.2) is 18.4 Å². The van der Waals surface area contributed by atoms with Crippen LogP contribution in [0.4, 0.5) is 0 Å². The van der Waals surface area contributed by atoms with Gasteiger partial charge in [0.1, 0.15) is 0 Å². The molecule has 0 saturated heterocycles. The average molecular weight is 379 g/mol. The first kappa shape index (κ1) is 17.8. The van der Waals surface area contributed by atoms with Crippen LogP contribution >= 0.6 is 0 Å². The summed E-state index contributed by atoms with van der Waals surface area (Å²) < 4.78 is 28.1. The van der Waals surface area contributed by atoms with Gasteiger partial charge in [-0.1, -0.05) is 6.07 Å². The molecule has 2 heterocycles. The minimum Gasteiger partial charge on any atom is -0.264 e. The zero-order valence-corrected chi connectivity index (χ0v) is 15.7. The predicted octanol–water partition coefficient (Wildman–Crippen LogP) is 3.50. The molecule has 6 heteroatoms. The van der Waals surface area contributed by atoms with E-state index in [2.05, 4.69) is 14.7 Å². The van der Waals surface area contributed by atoms with E-state index in [0.717, 1.165) is 41.6 Å². The minimum atomic E-state index is -3.55. The average Bonchev–Trinajstić information content (AvgIpc) is 2.73. The summed E-state index contributed by atoms with van der Waals surface area (Å²) in [5.41, 5.74) is 4.96. The number of rotatable bonds is 5. The summed E-state index contributed by atoms with van der Waals surface area (Å²) in [5.74, 6) is 0. The molecule has 0 radical (unpaired) electrons. The molecule has 5 nitrogen and oxygen atoms in total.